The molecule has 2 aromatic carbocycles. The summed E-state index contributed by atoms with van der Waals surface area (Å²) in [5.41, 5.74) is 2.10. The van der Waals surface area contributed by atoms with E-state index in [1.54, 1.807) is 56.3 Å². The van der Waals surface area contributed by atoms with Crippen LogP contribution < -0.4 is 5.01 Å². The minimum Gasteiger partial charge on any atom is -0.462 e. The summed E-state index contributed by atoms with van der Waals surface area (Å²) in [6.07, 6.45) is 1.56. The number of anilines is 1. The number of carbonyl (C=O) groups is 2. The van der Waals surface area contributed by atoms with Gasteiger partial charge in [-0.25, -0.2) is 4.79 Å². The van der Waals surface area contributed by atoms with Gasteiger partial charge in [0.05, 0.1) is 38.5 Å². The fourth-order valence-corrected chi connectivity index (χ4v) is 3.13. The van der Waals surface area contributed by atoms with E-state index in [-0.39, 0.29) is 18.2 Å². The quantitative estimate of drug-likeness (QED) is 0.287. The van der Waals surface area contributed by atoms with Crippen LogP contribution in [0.2, 0.25) is 0 Å². The number of halogens is 1. The average Bonchev–Trinajstić information content (AvgIpc) is 2.97. The lowest BCUT2D eigenvalue weighted by Gasteiger charge is -2.12. The number of esters is 1. The number of nitro benzene ring substituents is 1. The van der Waals surface area contributed by atoms with E-state index in [9.17, 15) is 19.7 Å². The molecule has 29 heavy (non-hydrogen) atoms. The Balaban J connectivity index is 1.87. The minimum absolute atomic E-state index is 0.0919. The van der Waals surface area contributed by atoms with Gasteiger partial charge in [0, 0.05) is 6.07 Å². The van der Waals surface area contributed by atoms with E-state index < -0.39 is 10.9 Å². The Hall–Kier alpha value is -3.33. The molecule has 0 fully saturated rings. The maximum Gasteiger partial charge on any atom is 0.338 e. The fraction of sp³-hybridized carbons (Fsp3) is 0.150. The van der Waals surface area contributed by atoms with Crippen molar-refractivity contribution < 1.29 is 19.2 Å². The third-order valence-corrected chi connectivity index (χ3v) is 4.83. The zero-order valence-corrected chi connectivity index (χ0v) is 17.2. The monoisotopic (exact) mass is 457 g/mol. The summed E-state index contributed by atoms with van der Waals surface area (Å²) in [5.74, 6) is -0.805. The summed E-state index contributed by atoms with van der Waals surface area (Å²) >= 11 is 3.14. The number of ether oxygens (including phenoxy) is 1. The number of nitro groups is 1. The van der Waals surface area contributed by atoms with Crippen molar-refractivity contribution in [3.63, 3.8) is 0 Å². The Morgan fingerprint density at radius 3 is 2.59 bits per heavy atom. The molecule has 9 heteroatoms. The fourth-order valence-electron chi connectivity index (χ4n) is 2.74. The van der Waals surface area contributed by atoms with Gasteiger partial charge in [0.1, 0.15) is 0 Å². The molecule has 1 amide bonds. The van der Waals surface area contributed by atoms with Crippen LogP contribution in [-0.4, -0.2) is 29.1 Å². The molecule has 0 unspecified atom stereocenters. The first kappa shape index (κ1) is 20.4. The van der Waals surface area contributed by atoms with Gasteiger partial charge >= 0.3 is 5.97 Å². The third-order valence-electron chi connectivity index (χ3n) is 4.16. The van der Waals surface area contributed by atoms with Gasteiger partial charge in [-0.2, -0.15) is 10.1 Å². The molecule has 0 radical (unpaired) electrons. The van der Waals surface area contributed by atoms with Gasteiger partial charge in [0.25, 0.3) is 11.6 Å². The summed E-state index contributed by atoms with van der Waals surface area (Å²) < 4.78 is 5.30. The molecule has 148 valence electrons. The SMILES string of the molecule is CCOC(=O)c1ccc(N2N=C(C)/C(=C\c3ccc(Br)c([N+](=O)[O-])c3)C2=O)cc1. The van der Waals surface area contributed by atoms with Gasteiger partial charge < -0.3 is 4.74 Å². The lowest BCUT2D eigenvalue weighted by atomic mass is 10.1. The highest BCUT2D eigenvalue weighted by atomic mass is 79.9. The molecule has 0 atom stereocenters. The van der Waals surface area contributed by atoms with Gasteiger partial charge in [-0.15, -0.1) is 0 Å². The number of amides is 1. The first-order chi connectivity index (χ1) is 13.8. The normalized spacial score (nSPS) is 14.9. The topological polar surface area (TPSA) is 102 Å². The Bertz CT molecular complexity index is 1060. The average molecular weight is 458 g/mol. The number of hydrogen-bond acceptors (Lipinski definition) is 6. The van der Waals surface area contributed by atoms with Crippen LogP contribution in [0, 0.1) is 10.1 Å². The van der Waals surface area contributed by atoms with Crippen LogP contribution in [0.5, 0.6) is 0 Å². The van der Waals surface area contributed by atoms with Crippen molar-refractivity contribution in [2.24, 2.45) is 5.10 Å². The van der Waals surface area contributed by atoms with E-state index in [0.717, 1.165) is 0 Å². The van der Waals surface area contributed by atoms with Crippen molar-refractivity contribution in [3.05, 3.63) is 73.8 Å². The summed E-state index contributed by atoms with van der Waals surface area (Å²) in [4.78, 5) is 35.2. The van der Waals surface area contributed by atoms with Gasteiger partial charge in [-0.05, 0) is 71.7 Å². The molecule has 2 aromatic rings. The van der Waals surface area contributed by atoms with Crippen molar-refractivity contribution in [1.29, 1.82) is 0 Å². The number of benzene rings is 2. The van der Waals surface area contributed by atoms with E-state index in [4.69, 9.17) is 4.74 Å². The molecule has 8 nitrogen and oxygen atoms in total. The van der Waals surface area contributed by atoms with Crippen molar-refractivity contribution >= 4 is 51.0 Å². The molecular formula is C20H16BrN3O5. The maximum absolute atomic E-state index is 12.8. The van der Waals surface area contributed by atoms with Crippen molar-refractivity contribution in [2.75, 3.05) is 11.6 Å². The molecule has 0 saturated carbocycles. The predicted octanol–water partition coefficient (Wildman–Crippen LogP) is 4.34. The molecule has 0 N–H and O–H groups in total. The van der Waals surface area contributed by atoms with Gasteiger partial charge in [0.15, 0.2) is 0 Å². The Morgan fingerprint density at radius 2 is 1.97 bits per heavy atom. The van der Waals surface area contributed by atoms with E-state index in [2.05, 4.69) is 21.0 Å². The maximum atomic E-state index is 12.8. The molecule has 3 rings (SSSR count). The molecule has 1 heterocycles. The molecule has 0 aromatic heterocycles. The molecule has 0 spiro atoms. The molecule has 1 aliphatic rings. The second kappa shape index (κ2) is 8.36. The van der Waals surface area contributed by atoms with Crippen molar-refractivity contribution in [1.82, 2.24) is 0 Å². The third kappa shape index (κ3) is 4.24. The van der Waals surface area contributed by atoms with Crippen LogP contribution in [0.3, 0.4) is 0 Å². The van der Waals surface area contributed by atoms with Gasteiger partial charge in [0.2, 0.25) is 0 Å². The van der Waals surface area contributed by atoms with Crippen molar-refractivity contribution in [3.8, 4) is 0 Å². The van der Waals surface area contributed by atoms with Gasteiger partial charge in [-0.3, -0.25) is 14.9 Å². The number of nitrogens with zero attached hydrogens (tertiary/aromatic N) is 3. The second-order valence-corrected chi connectivity index (χ2v) is 6.95. The second-order valence-electron chi connectivity index (χ2n) is 6.10. The zero-order valence-electron chi connectivity index (χ0n) is 15.6. The first-order valence-electron chi connectivity index (χ1n) is 8.64. The molecular weight excluding hydrogens is 442 g/mol. The smallest absolute Gasteiger partial charge is 0.338 e. The van der Waals surface area contributed by atoms with Crippen LogP contribution in [-0.2, 0) is 9.53 Å². The van der Waals surface area contributed by atoms with E-state index in [1.807, 2.05) is 0 Å². The number of hydrazone groups is 1. The van der Waals surface area contributed by atoms with E-state index >= 15 is 0 Å². The number of carbonyl (C=O) groups excluding carboxylic acids is 2. The first-order valence-corrected chi connectivity index (χ1v) is 9.44. The highest BCUT2D eigenvalue weighted by molar-refractivity contribution is 9.10. The van der Waals surface area contributed by atoms with Crippen LogP contribution in [0.25, 0.3) is 6.08 Å². The standard InChI is InChI=1S/C20H16BrN3O5/c1-3-29-20(26)14-5-7-15(8-6-14)23-19(25)16(12(2)22-23)10-13-4-9-17(21)18(11-13)24(27)28/h4-11H,3H2,1-2H3/b16-10+. The van der Waals surface area contributed by atoms with Crippen LogP contribution in [0.4, 0.5) is 11.4 Å². The molecule has 0 saturated heterocycles. The molecule has 1 aliphatic heterocycles. The highest BCUT2D eigenvalue weighted by Gasteiger charge is 2.29. The number of rotatable bonds is 5. The Morgan fingerprint density at radius 1 is 1.28 bits per heavy atom. The van der Waals surface area contributed by atoms with Gasteiger partial charge in [-0.1, -0.05) is 6.07 Å². The largest absolute Gasteiger partial charge is 0.462 e. The van der Waals surface area contributed by atoms with Crippen molar-refractivity contribution in [2.45, 2.75) is 13.8 Å². The summed E-state index contributed by atoms with van der Waals surface area (Å²) in [6, 6.07) is 10.9. The Kier molecular flexibility index (Phi) is 5.88. The van der Waals surface area contributed by atoms with Crippen LogP contribution >= 0.6 is 15.9 Å². The minimum atomic E-state index is -0.499. The van der Waals surface area contributed by atoms with Crippen LogP contribution in [0.15, 0.2) is 57.6 Å². The van der Waals surface area contributed by atoms with Crippen LogP contribution in [0.1, 0.15) is 29.8 Å². The Labute approximate surface area is 174 Å². The predicted molar refractivity (Wildman–Crippen MR) is 112 cm³/mol. The molecule has 0 aliphatic carbocycles. The highest BCUT2D eigenvalue weighted by Crippen LogP contribution is 2.29. The lowest BCUT2D eigenvalue weighted by molar-refractivity contribution is -0.385. The lowest BCUT2D eigenvalue weighted by Crippen LogP contribution is -2.21. The van der Waals surface area contributed by atoms with E-state index in [0.29, 0.717) is 32.6 Å². The molecule has 0 bridgehead atoms. The summed E-state index contributed by atoms with van der Waals surface area (Å²) in [7, 11) is 0. The summed E-state index contributed by atoms with van der Waals surface area (Å²) in [6.45, 7) is 3.68. The number of hydrogen-bond donors (Lipinski definition) is 0. The summed E-state index contributed by atoms with van der Waals surface area (Å²) in [5, 5.41) is 16.6. The zero-order chi connectivity index (χ0) is 21.1. The van der Waals surface area contributed by atoms with E-state index in [1.165, 1.54) is 11.1 Å².